The first-order chi connectivity index (χ1) is 9.05. The van der Waals surface area contributed by atoms with Gasteiger partial charge in [0, 0.05) is 22.4 Å². The second-order valence-corrected chi connectivity index (χ2v) is 5.52. The van der Waals surface area contributed by atoms with Crippen LogP contribution >= 0.6 is 15.9 Å². The Morgan fingerprint density at radius 1 is 1.42 bits per heavy atom. The molecule has 1 unspecified atom stereocenters. The molecule has 96 valence electrons. The van der Waals surface area contributed by atoms with Gasteiger partial charge in [0.05, 0.1) is 11.5 Å². The molecule has 1 atom stereocenters. The zero-order valence-electron chi connectivity index (χ0n) is 10.4. The SMILES string of the molecule is CC(C#N)(Cc1cccnc1)c1ccc(Br)cc1F. The van der Waals surface area contributed by atoms with Crippen molar-refractivity contribution in [1.29, 1.82) is 5.26 Å². The average molecular weight is 319 g/mol. The van der Waals surface area contributed by atoms with Crippen LogP contribution in [-0.2, 0) is 11.8 Å². The third kappa shape index (κ3) is 2.99. The minimum absolute atomic E-state index is 0.373. The number of pyridine rings is 1. The molecule has 0 bridgehead atoms. The molecule has 1 heterocycles. The van der Waals surface area contributed by atoms with Gasteiger partial charge in [-0.2, -0.15) is 5.26 Å². The summed E-state index contributed by atoms with van der Waals surface area (Å²) in [5.41, 5.74) is 0.407. The standard InChI is InChI=1S/C15H12BrFN2/c1-15(10-18,8-11-3-2-6-19-9-11)13-5-4-12(16)7-14(13)17/h2-7,9H,8H2,1H3. The molecule has 0 N–H and O–H groups in total. The van der Waals surface area contributed by atoms with Crippen molar-refractivity contribution in [3.63, 3.8) is 0 Å². The summed E-state index contributed by atoms with van der Waals surface area (Å²) in [4.78, 5) is 4.02. The van der Waals surface area contributed by atoms with Crippen LogP contribution in [0.4, 0.5) is 4.39 Å². The van der Waals surface area contributed by atoms with Crippen molar-refractivity contribution >= 4 is 15.9 Å². The summed E-state index contributed by atoms with van der Waals surface area (Å²) in [5.74, 6) is -0.373. The number of nitrogens with zero attached hydrogens (tertiary/aromatic N) is 2. The number of halogens is 2. The molecule has 0 radical (unpaired) electrons. The molecule has 2 nitrogen and oxygen atoms in total. The van der Waals surface area contributed by atoms with E-state index in [0.717, 1.165) is 5.56 Å². The minimum atomic E-state index is -0.909. The molecule has 0 aliphatic rings. The lowest BCUT2D eigenvalue weighted by atomic mass is 9.78. The van der Waals surface area contributed by atoms with Crippen molar-refractivity contribution in [3.05, 3.63) is 64.1 Å². The highest BCUT2D eigenvalue weighted by Crippen LogP contribution is 2.30. The van der Waals surface area contributed by atoms with Crippen LogP contribution in [0.1, 0.15) is 18.1 Å². The molecule has 1 aromatic carbocycles. The molecule has 0 saturated carbocycles. The predicted octanol–water partition coefficient (Wildman–Crippen LogP) is 4.01. The van der Waals surface area contributed by atoms with Gasteiger partial charge in [0.2, 0.25) is 0 Å². The maximum absolute atomic E-state index is 14.0. The summed E-state index contributed by atoms with van der Waals surface area (Å²) < 4.78 is 14.7. The monoisotopic (exact) mass is 318 g/mol. The third-order valence-corrected chi connectivity index (χ3v) is 3.55. The lowest BCUT2D eigenvalue weighted by Gasteiger charge is -2.22. The van der Waals surface area contributed by atoms with Gasteiger partial charge in [-0.3, -0.25) is 4.98 Å². The molecule has 0 amide bonds. The number of nitriles is 1. The van der Waals surface area contributed by atoms with Gasteiger partial charge in [-0.15, -0.1) is 0 Å². The van der Waals surface area contributed by atoms with Crippen molar-refractivity contribution in [1.82, 2.24) is 4.98 Å². The molecular weight excluding hydrogens is 307 g/mol. The molecule has 0 saturated heterocycles. The zero-order chi connectivity index (χ0) is 13.9. The summed E-state index contributed by atoms with van der Waals surface area (Å²) in [5, 5.41) is 9.44. The summed E-state index contributed by atoms with van der Waals surface area (Å²) >= 11 is 3.22. The van der Waals surface area contributed by atoms with E-state index in [0.29, 0.717) is 16.5 Å². The van der Waals surface area contributed by atoms with Crippen molar-refractivity contribution in [2.75, 3.05) is 0 Å². The maximum atomic E-state index is 14.0. The van der Waals surface area contributed by atoms with Crippen LogP contribution in [-0.4, -0.2) is 4.98 Å². The summed E-state index contributed by atoms with van der Waals surface area (Å²) in [7, 11) is 0. The molecule has 1 aromatic heterocycles. The van der Waals surface area contributed by atoms with Crippen LogP contribution in [0.5, 0.6) is 0 Å². The fourth-order valence-electron chi connectivity index (χ4n) is 2.04. The lowest BCUT2D eigenvalue weighted by molar-refractivity contribution is 0.533. The number of rotatable bonds is 3. The van der Waals surface area contributed by atoms with Crippen molar-refractivity contribution in [2.45, 2.75) is 18.8 Å². The number of hydrogen-bond donors (Lipinski definition) is 0. The van der Waals surface area contributed by atoms with Crippen molar-refractivity contribution in [3.8, 4) is 6.07 Å². The Hall–Kier alpha value is -1.73. The Labute approximate surface area is 120 Å². The number of hydrogen-bond acceptors (Lipinski definition) is 2. The molecule has 0 spiro atoms. The van der Waals surface area contributed by atoms with E-state index in [4.69, 9.17) is 0 Å². The Morgan fingerprint density at radius 2 is 2.21 bits per heavy atom. The van der Waals surface area contributed by atoms with Gasteiger partial charge < -0.3 is 0 Å². The van der Waals surface area contributed by atoms with Gasteiger partial charge in [-0.25, -0.2) is 4.39 Å². The summed E-state index contributed by atoms with van der Waals surface area (Å²) in [6, 6.07) is 10.7. The van der Waals surface area contributed by atoms with E-state index in [1.165, 1.54) is 6.07 Å². The topological polar surface area (TPSA) is 36.7 Å². The van der Waals surface area contributed by atoms with Gasteiger partial charge in [0.15, 0.2) is 0 Å². The lowest BCUT2D eigenvalue weighted by Crippen LogP contribution is -2.24. The minimum Gasteiger partial charge on any atom is -0.264 e. The van der Waals surface area contributed by atoms with Crippen molar-refractivity contribution in [2.24, 2.45) is 0 Å². The fraction of sp³-hybridized carbons (Fsp3) is 0.200. The van der Waals surface area contributed by atoms with E-state index in [-0.39, 0.29) is 5.82 Å². The Balaban J connectivity index is 2.40. The van der Waals surface area contributed by atoms with Crippen LogP contribution in [0.3, 0.4) is 0 Å². The molecule has 0 aliphatic carbocycles. The van der Waals surface area contributed by atoms with Crippen LogP contribution < -0.4 is 0 Å². The Bertz CT molecular complexity index is 622. The fourth-order valence-corrected chi connectivity index (χ4v) is 2.38. The van der Waals surface area contributed by atoms with Gasteiger partial charge in [0.25, 0.3) is 0 Å². The highest BCUT2D eigenvalue weighted by atomic mass is 79.9. The van der Waals surface area contributed by atoms with E-state index in [1.54, 1.807) is 31.5 Å². The van der Waals surface area contributed by atoms with Crippen molar-refractivity contribution < 1.29 is 4.39 Å². The van der Waals surface area contributed by atoms with E-state index in [1.807, 2.05) is 12.1 Å². The molecule has 2 rings (SSSR count). The molecule has 0 aliphatic heterocycles. The van der Waals surface area contributed by atoms with E-state index in [2.05, 4.69) is 27.0 Å². The first kappa shape index (κ1) is 13.7. The quantitative estimate of drug-likeness (QED) is 0.857. The Morgan fingerprint density at radius 3 is 2.79 bits per heavy atom. The van der Waals surface area contributed by atoms with Gasteiger partial charge in [-0.05, 0) is 37.1 Å². The largest absolute Gasteiger partial charge is 0.264 e. The molecule has 19 heavy (non-hydrogen) atoms. The van der Waals surface area contributed by atoms with E-state index < -0.39 is 5.41 Å². The van der Waals surface area contributed by atoms with Crippen LogP contribution in [0, 0.1) is 17.1 Å². The third-order valence-electron chi connectivity index (χ3n) is 3.05. The van der Waals surface area contributed by atoms with Gasteiger partial charge in [-0.1, -0.05) is 28.1 Å². The molecule has 2 aromatic rings. The Kier molecular flexibility index (Phi) is 3.96. The normalized spacial score (nSPS) is 13.6. The van der Waals surface area contributed by atoms with Gasteiger partial charge in [0.1, 0.15) is 5.82 Å². The molecule has 0 fully saturated rings. The average Bonchev–Trinajstić information content (AvgIpc) is 2.39. The highest BCUT2D eigenvalue weighted by Gasteiger charge is 2.30. The van der Waals surface area contributed by atoms with Crippen LogP contribution in [0.2, 0.25) is 0 Å². The molecular formula is C15H12BrFN2. The van der Waals surface area contributed by atoms with E-state index >= 15 is 0 Å². The van der Waals surface area contributed by atoms with E-state index in [9.17, 15) is 9.65 Å². The highest BCUT2D eigenvalue weighted by molar-refractivity contribution is 9.10. The number of benzene rings is 1. The number of aromatic nitrogens is 1. The van der Waals surface area contributed by atoms with Gasteiger partial charge >= 0.3 is 0 Å². The van der Waals surface area contributed by atoms with Crippen LogP contribution in [0.15, 0.2) is 47.2 Å². The smallest absolute Gasteiger partial charge is 0.129 e. The summed E-state index contributed by atoms with van der Waals surface area (Å²) in [6.45, 7) is 1.74. The first-order valence-corrected chi connectivity index (χ1v) is 6.60. The maximum Gasteiger partial charge on any atom is 0.129 e. The summed E-state index contributed by atoms with van der Waals surface area (Å²) in [6.07, 6.45) is 3.80. The second-order valence-electron chi connectivity index (χ2n) is 4.61. The predicted molar refractivity (Wildman–Crippen MR) is 75.0 cm³/mol. The van der Waals surface area contributed by atoms with Crippen LogP contribution in [0.25, 0.3) is 0 Å². The first-order valence-electron chi connectivity index (χ1n) is 5.81. The second kappa shape index (κ2) is 5.50. The molecule has 4 heteroatoms. The zero-order valence-corrected chi connectivity index (χ0v) is 12.0.